The monoisotopic (exact) mass is 327 g/mol. The van der Waals surface area contributed by atoms with Crippen molar-refractivity contribution in [2.75, 3.05) is 13.2 Å². The zero-order valence-corrected chi connectivity index (χ0v) is 13.9. The van der Waals surface area contributed by atoms with Crippen molar-refractivity contribution in [1.82, 2.24) is 0 Å². The molecule has 3 rings (SSSR count). The Morgan fingerprint density at radius 2 is 1.92 bits per heavy atom. The van der Waals surface area contributed by atoms with Crippen LogP contribution in [0, 0.1) is 0 Å². The van der Waals surface area contributed by atoms with E-state index < -0.39 is 11.7 Å². The van der Waals surface area contributed by atoms with Gasteiger partial charge in [-0.1, -0.05) is 24.3 Å². The van der Waals surface area contributed by atoms with Crippen LogP contribution in [0.2, 0.25) is 0 Å². The summed E-state index contributed by atoms with van der Waals surface area (Å²) in [4.78, 5) is 11.2. The average molecular weight is 327 g/mol. The van der Waals surface area contributed by atoms with Gasteiger partial charge in [-0.3, -0.25) is 0 Å². The van der Waals surface area contributed by atoms with Crippen LogP contribution in [-0.2, 0) is 10.3 Å². The highest BCUT2D eigenvalue weighted by molar-refractivity contribution is 5.69. The van der Waals surface area contributed by atoms with Gasteiger partial charge in [-0.2, -0.15) is 0 Å². The lowest BCUT2D eigenvalue weighted by molar-refractivity contribution is -0.00280. The summed E-state index contributed by atoms with van der Waals surface area (Å²) >= 11 is 0. The topological polar surface area (TPSA) is 70.8 Å². The number of hydrogen-bond donors (Lipinski definition) is 1. The highest BCUT2D eigenvalue weighted by atomic mass is 16.6. The molecule has 1 heterocycles. The molecule has 1 aliphatic rings. The Kier molecular flexibility index (Phi) is 4.34. The first-order chi connectivity index (χ1) is 11.5. The van der Waals surface area contributed by atoms with Crippen molar-refractivity contribution in [2.45, 2.75) is 25.9 Å². The van der Waals surface area contributed by atoms with Crippen LogP contribution in [0.3, 0.4) is 0 Å². The molecule has 0 aliphatic carbocycles. The maximum Gasteiger partial charge on any atom is 0.405 e. The van der Waals surface area contributed by atoms with Crippen LogP contribution in [0.25, 0.3) is 11.1 Å². The summed E-state index contributed by atoms with van der Waals surface area (Å²) in [5, 5.41) is 0. The molecule has 2 aromatic rings. The molecule has 126 valence electrons. The van der Waals surface area contributed by atoms with Gasteiger partial charge >= 0.3 is 6.09 Å². The zero-order valence-electron chi connectivity index (χ0n) is 13.9. The summed E-state index contributed by atoms with van der Waals surface area (Å²) in [5.74, 6) is 1.56. The normalized spacial score (nSPS) is 19.1. The van der Waals surface area contributed by atoms with Crippen molar-refractivity contribution in [3.63, 3.8) is 0 Å². The molecule has 0 saturated carbocycles. The first-order valence-electron chi connectivity index (χ1n) is 8.01. The number of amides is 1. The molecule has 24 heavy (non-hydrogen) atoms. The lowest BCUT2D eigenvalue weighted by atomic mass is 9.88. The Morgan fingerprint density at radius 1 is 1.21 bits per heavy atom. The minimum Gasteiger partial charge on any atom is -0.494 e. The molecule has 5 heteroatoms. The fourth-order valence-electron chi connectivity index (χ4n) is 2.99. The summed E-state index contributed by atoms with van der Waals surface area (Å²) in [6.07, 6.45) is -0.202. The number of hydrogen-bond acceptors (Lipinski definition) is 4. The Balaban J connectivity index is 1.92. The van der Waals surface area contributed by atoms with Gasteiger partial charge in [-0.05, 0) is 43.2 Å². The molecular formula is C19H21NO4. The van der Waals surface area contributed by atoms with Crippen molar-refractivity contribution in [3.8, 4) is 22.6 Å². The molecule has 0 aromatic heterocycles. The Bertz CT molecular complexity index is 742. The molecule has 0 radical (unpaired) electrons. The van der Waals surface area contributed by atoms with Crippen LogP contribution in [0.4, 0.5) is 4.79 Å². The molecule has 0 saturated heterocycles. The van der Waals surface area contributed by atoms with E-state index in [9.17, 15) is 4.79 Å². The fourth-order valence-corrected chi connectivity index (χ4v) is 2.99. The van der Waals surface area contributed by atoms with Gasteiger partial charge in [0.1, 0.15) is 17.1 Å². The second-order valence-corrected chi connectivity index (χ2v) is 5.92. The highest BCUT2D eigenvalue weighted by Crippen LogP contribution is 2.41. The average Bonchev–Trinajstić information content (AvgIpc) is 2.55. The molecule has 5 nitrogen and oxygen atoms in total. The molecule has 0 spiro atoms. The van der Waals surface area contributed by atoms with Crippen molar-refractivity contribution in [1.29, 1.82) is 0 Å². The van der Waals surface area contributed by atoms with Crippen LogP contribution >= 0.6 is 0 Å². The Morgan fingerprint density at radius 3 is 2.58 bits per heavy atom. The third-order valence-corrected chi connectivity index (χ3v) is 4.21. The lowest BCUT2D eigenvalue weighted by Crippen LogP contribution is -2.36. The van der Waals surface area contributed by atoms with E-state index >= 15 is 0 Å². The Hall–Kier alpha value is -2.69. The SMILES string of the molecule is CCOc1ccc(-c2ccc3c(c2)OCCC3(C)OC(N)=O)cc1. The third-order valence-electron chi connectivity index (χ3n) is 4.21. The van der Waals surface area contributed by atoms with Crippen molar-refractivity contribution in [2.24, 2.45) is 5.73 Å². The van der Waals surface area contributed by atoms with E-state index in [4.69, 9.17) is 19.9 Å². The van der Waals surface area contributed by atoms with Crippen molar-refractivity contribution < 1.29 is 19.0 Å². The molecule has 1 unspecified atom stereocenters. The number of rotatable bonds is 4. The van der Waals surface area contributed by atoms with Crippen molar-refractivity contribution >= 4 is 6.09 Å². The molecule has 1 aliphatic heterocycles. The molecule has 2 N–H and O–H groups in total. The lowest BCUT2D eigenvalue weighted by Gasteiger charge is -2.34. The van der Waals surface area contributed by atoms with E-state index in [-0.39, 0.29) is 0 Å². The van der Waals surface area contributed by atoms with Crippen molar-refractivity contribution in [3.05, 3.63) is 48.0 Å². The largest absolute Gasteiger partial charge is 0.494 e. The van der Waals surface area contributed by atoms with Crippen LogP contribution < -0.4 is 15.2 Å². The number of nitrogens with two attached hydrogens (primary N) is 1. The molecule has 2 aromatic carbocycles. The number of carbonyl (C=O) groups is 1. The number of primary amides is 1. The minimum atomic E-state index is -0.777. The third kappa shape index (κ3) is 3.15. The van der Waals surface area contributed by atoms with Gasteiger partial charge in [0.25, 0.3) is 0 Å². The maximum atomic E-state index is 11.2. The zero-order chi connectivity index (χ0) is 17.2. The molecule has 1 amide bonds. The van der Waals surface area contributed by atoms with Gasteiger partial charge in [0.2, 0.25) is 0 Å². The second-order valence-electron chi connectivity index (χ2n) is 5.92. The highest BCUT2D eigenvalue weighted by Gasteiger charge is 2.36. The molecular weight excluding hydrogens is 306 g/mol. The van der Waals surface area contributed by atoms with Gasteiger partial charge in [-0.25, -0.2) is 4.79 Å². The minimum absolute atomic E-state index is 0.476. The molecule has 0 fully saturated rings. The van der Waals surface area contributed by atoms with Crippen LogP contribution in [0.1, 0.15) is 25.8 Å². The van der Waals surface area contributed by atoms with Gasteiger partial charge in [0.15, 0.2) is 0 Å². The predicted octanol–water partition coefficient (Wildman–Crippen LogP) is 3.85. The number of fused-ring (bicyclic) bond motifs is 1. The first kappa shape index (κ1) is 16.2. The smallest absolute Gasteiger partial charge is 0.405 e. The van der Waals surface area contributed by atoms with E-state index in [1.807, 2.05) is 56.3 Å². The standard InChI is InChI=1S/C19H21NO4/c1-3-22-15-7-4-13(5-8-15)14-6-9-16-17(12-14)23-11-10-19(16,2)24-18(20)21/h4-9,12H,3,10-11H2,1-2H3,(H2,20,21). The summed E-state index contributed by atoms with van der Waals surface area (Å²) < 4.78 is 16.6. The number of ether oxygens (including phenoxy) is 3. The van der Waals surface area contributed by atoms with Crippen LogP contribution in [0.5, 0.6) is 11.5 Å². The second kappa shape index (κ2) is 6.43. The van der Waals surface area contributed by atoms with E-state index in [0.717, 1.165) is 28.2 Å². The quantitative estimate of drug-likeness (QED) is 0.926. The van der Waals surface area contributed by atoms with Crippen LogP contribution in [-0.4, -0.2) is 19.3 Å². The van der Waals surface area contributed by atoms with Gasteiger partial charge in [0.05, 0.1) is 13.2 Å². The predicted molar refractivity (Wildman–Crippen MR) is 91.2 cm³/mol. The fraction of sp³-hybridized carbons (Fsp3) is 0.316. The molecule has 1 atom stereocenters. The summed E-state index contributed by atoms with van der Waals surface area (Å²) in [6.45, 7) is 4.93. The van der Waals surface area contributed by atoms with E-state index in [2.05, 4.69) is 0 Å². The summed E-state index contributed by atoms with van der Waals surface area (Å²) in [7, 11) is 0. The van der Waals surface area contributed by atoms with Gasteiger partial charge in [-0.15, -0.1) is 0 Å². The number of benzene rings is 2. The Labute approximate surface area is 141 Å². The maximum absolute atomic E-state index is 11.2. The summed E-state index contributed by atoms with van der Waals surface area (Å²) in [6, 6.07) is 13.8. The summed E-state index contributed by atoms with van der Waals surface area (Å²) in [5.41, 5.74) is 7.38. The van der Waals surface area contributed by atoms with E-state index in [1.54, 1.807) is 0 Å². The van der Waals surface area contributed by atoms with E-state index in [1.165, 1.54) is 0 Å². The van der Waals surface area contributed by atoms with Gasteiger partial charge < -0.3 is 19.9 Å². The number of carbonyl (C=O) groups excluding carboxylic acids is 1. The van der Waals surface area contributed by atoms with E-state index in [0.29, 0.717) is 19.6 Å². The van der Waals surface area contributed by atoms with Crippen LogP contribution in [0.15, 0.2) is 42.5 Å². The first-order valence-corrected chi connectivity index (χ1v) is 8.01. The molecule has 0 bridgehead atoms. The van der Waals surface area contributed by atoms with Gasteiger partial charge in [0, 0.05) is 12.0 Å².